The van der Waals surface area contributed by atoms with E-state index in [4.69, 9.17) is 5.26 Å². The third-order valence-corrected chi connectivity index (χ3v) is 1.98. The first-order valence-corrected chi connectivity index (χ1v) is 4.73. The molecular formula is C11H8F2N2O3. The number of methoxy groups -OCH3 is 1. The van der Waals surface area contributed by atoms with E-state index in [1.165, 1.54) is 0 Å². The van der Waals surface area contributed by atoms with Crippen molar-refractivity contribution in [3.63, 3.8) is 0 Å². The van der Waals surface area contributed by atoms with Crippen molar-refractivity contribution < 1.29 is 23.1 Å². The van der Waals surface area contributed by atoms with E-state index in [0.29, 0.717) is 6.07 Å². The molecule has 0 heterocycles. The number of esters is 1. The molecular weight excluding hydrogens is 246 g/mol. The SMILES string of the molecule is COC(=O)c1cc(NC(=O)CC#N)c(F)cc1F. The fraction of sp³-hybridized carbons (Fsp3) is 0.182. The van der Waals surface area contributed by atoms with Crippen molar-refractivity contribution in [2.75, 3.05) is 12.4 Å². The van der Waals surface area contributed by atoms with Gasteiger partial charge in [0.25, 0.3) is 0 Å². The Morgan fingerprint density at radius 1 is 1.39 bits per heavy atom. The summed E-state index contributed by atoms with van der Waals surface area (Å²) in [5.41, 5.74) is -0.900. The van der Waals surface area contributed by atoms with Crippen molar-refractivity contribution >= 4 is 17.6 Å². The quantitative estimate of drug-likeness (QED) is 0.831. The molecule has 1 rings (SSSR count). The summed E-state index contributed by atoms with van der Waals surface area (Å²) in [7, 11) is 1.04. The molecule has 94 valence electrons. The molecule has 0 aliphatic heterocycles. The molecule has 0 aliphatic carbocycles. The molecule has 1 amide bonds. The lowest BCUT2D eigenvalue weighted by atomic mass is 10.1. The molecule has 0 fully saturated rings. The smallest absolute Gasteiger partial charge is 0.340 e. The van der Waals surface area contributed by atoms with E-state index in [1.54, 1.807) is 6.07 Å². The fourth-order valence-corrected chi connectivity index (χ4v) is 1.18. The van der Waals surface area contributed by atoms with Crippen LogP contribution in [0.2, 0.25) is 0 Å². The largest absolute Gasteiger partial charge is 0.465 e. The Morgan fingerprint density at radius 3 is 2.61 bits per heavy atom. The van der Waals surface area contributed by atoms with E-state index in [1.807, 2.05) is 5.32 Å². The van der Waals surface area contributed by atoms with Crippen molar-refractivity contribution in [1.29, 1.82) is 5.26 Å². The number of carbonyl (C=O) groups is 2. The number of benzene rings is 1. The normalized spacial score (nSPS) is 9.44. The highest BCUT2D eigenvalue weighted by molar-refractivity contribution is 5.95. The molecule has 0 saturated carbocycles. The first-order valence-electron chi connectivity index (χ1n) is 4.73. The summed E-state index contributed by atoms with van der Waals surface area (Å²) in [5.74, 6) is -3.91. The second-order valence-corrected chi connectivity index (χ2v) is 3.19. The van der Waals surface area contributed by atoms with Crippen LogP contribution < -0.4 is 5.32 Å². The number of carbonyl (C=O) groups excluding carboxylic acids is 2. The van der Waals surface area contributed by atoms with Gasteiger partial charge in [-0.15, -0.1) is 0 Å². The van der Waals surface area contributed by atoms with E-state index in [2.05, 4.69) is 4.74 Å². The molecule has 18 heavy (non-hydrogen) atoms. The van der Waals surface area contributed by atoms with Gasteiger partial charge in [-0.1, -0.05) is 0 Å². The van der Waals surface area contributed by atoms with Gasteiger partial charge in [0.15, 0.2) is 0 Å². The van der Waals surface area contributed by atoms with Gasteiger partial charge in [0.05, 0.1) is 24.4 Å². The highest BCUT2D eigenvalue weighted by atomic mass is 19.1. The van der Waals surface area contributed by atoms with E-state index in [9.17, 15) is 18.4 Å². The molecule has 0 radical (unpaired) electrons. The highest BCUT2D eigenvalue weighted by Crippen LogP contribution is 2.20. The van der Waals surface area contributed by atoms with E-state index in [0.717, 1.165) is 13.2 Å². The van der Waals surface area contributed by atoms with Gasteiger partial charge in [0.2, 0.25) is 5.91 Å². The zero-order chi connectivity index (χ0) is 13.7. The maximum Gasteiger partial charge on any atom is 0.340 e. The third-order valence-electron chi connectivity index (χ3n) is 1.98. The van der Waals surface area contributed by atoms with Crippen LogP contribution in [0.4, 0.5) is 14.5 Å². The summed E-state index contributed by atoms with van der Waals surface area (Å²) >= 11 is 0. The van der Waals surface area contributed by atoms with Crippen LogP contribution in [-0.2, 0) is 9.53 Å². The maximum absolute atomic E-state index is 13.3. The Hall–Kier alpha value is -2.49. The van der Waals surface area contributed by atoms with Gasteiger partial charge in [0, 0.05) is 6.07 Å². The molecule has 1 aromatic carbocycles. The maximum atomic E-state index is 13.3. The van der Waals surface area contributed by atoms with Crippen LogP contribution in [0, 0.1) is 23.0 Å². The first-order chi connectivity index (χ1) is 8.49. The van der Waals surface area contributed by atoms with Gasteiger partial charge in [-0.2, -0.15) is 5.26 Å². The zero-order valence-corrected chi connectivity index (χ0v) is 9.29. The number of amides is 1. The number of hydrogen-bond donors (Lipinski definition) is 1. The average Bonchev–Trinajstić information content (AvgIpc) is 2.32. The van der Waals surface area contributed by atoms with E-state index < -0.39 is 41.2 Å². The predicted molar refractivity (Wildman–Crippen MR) is 56.6 cm³/mol. The second-order valence-electron chi connectivity index (χ2n) is 3.19. The minimum absolute atomic E-state index is 0.392. The molecule has 0 unspecified atom stereocenters. The molecule has 0 bridgehead atoms. The number of halogens is 2. The Kier molecular flexibility index (Phi) is 4.32. The minimum atomic E-state index is -1.10. The number of anilines is 1. The number of rotatable bonds is 3. The van der Waals surface area contributed by atoms with Crippen LogP contribution in [0.3, 0.4) is 0 Å². The number of hydrogen-bond acceptors (Lipinski definition) is 4. The molecule has 7 heteroatoms. The monoisotopic (exact) mass is 254 g/mol. The van der Waals surface area contributed by atoms with E-state index >= 15 is 0 Å². The Bertz CT molecular complexity index is 538. The summed E-state index contributed by atoms with van der Waals surface area (Å²) in [5, 5.41) is 10.3. The molecule has 5 nitrogen and oxygen atoms in total. The van der Waals surface area contributed by atoms with Crippen LogP contribution in [0.15, 0.2) is 12.1 Å². The number of nitrogens with one attached hydrogen (secondary N) is 1. The minimum Gasteiger partial charge on any atom is -0.465 e. The van der Waals surface area contributed by atoms with Gasteiger partial charge in [-0.3, -0.25) is 4.79 Å². The van der Waals surface area contributed by atoms with Crippen molar-refractivity contribution in [3.05, 3.63) is 29.3 Å². The average molecular weight is 254 g/mol. The lowest BCUT2D eigenvalue weighted by Crippen LogP contribution is -2.13. The van der Waals surface area contributed by atoms with Crippen molar-refractivity contribution in [1.82, 2.24) is 0 Å². The standard InChI is InChI=1S/C11H8F2N2O3/c1-18-11(17)6-4-9(8(13)5-7(6)12)15-10(16)2-3-14/h4-5H,2H2,1H3,(H,15,16). The highest BCUT2D eigenvalue weighted by Gasteiger charge is 2.17. The number of nitriles is 1. The van der Waals surface area contributed by atoms with Gasteiger partial charge in [0.1, 0.15) is 18.1 Å². The lowest BCUT2D eigenvalue weighted by molar-refractivity contribution is -0.115. The third kappa shape index (κ3) is 3.01. The number of nitrogens with zero attached hydrogens (tertiary/aromatic N) is 1. The van der Waals surface area contributed by atoms with Crippen LogP contribution >= 0.6 is 0 Å². The van der Waals surface area contributed by atoms with Crippen LogP contribution in [0.5, 0.6) is 0 Å². The number of ether oxygens (including phenoxy) is 1. The van der Waals surface area contributed by atoms with Gasteiger partial charge >= 0.3 is 5.97 Å². The van der Waals surface area contributed by atoms with Crippen LogP contribution in [-0.4, -0.2) is 19.0 Å². The molecule has 1 N–H and O–H groups in total. The summed E-state index contributed by atoms with van der Waals surface area (Å²) < 4.78 is 30.9. The van der Waals surface area contributed by atoms with Crippen molar-refractivity contribution in [2.24, 2.45) is 0 Å². The van der Waals surface area contributed by atoms with Gasteiger partial charge in [-0.05, 0) is 6.07 Å². The van der Waals surface area contributed by atoms with Crippen LogP contribution in [0.25, 0.3) is 0 Å². The summed E-state index contributed by atoms with van der Waals surface area (Å²) in [6.07, 6.45) is -0.482. The first kappa shape index (κ1) is 13.6. The summed E-state index contributed by atoms with van der Waals surface area (Å²) in [6, 6.07) is 2.83. The molecule has 0 atom stereocenters. The summed E-state index contributed by atoms with van der Waals surface area (Å²) in [6.45, 7) is 0. The van der Waals surface area contributed by atoms with E-state index in [-0.39, 0.29) is 0 Å². The Morgan fingerprint density at radius 2 is 2.06 bits per heavy atom. The fourth-order valence-electron chi connectivity index (χ4n) is 1.18. The second kappa shape index (κ2) is 5.72. The lowest BCUT2D eigenvalue weighted by Gasteiger charge is -2.07. The van der Waals surface area contributed by atoms with Gasteiger partial charge in [-0.25, -0.2) is 13.6 Å². The topological polar surface area (TPSA) is 79.2 Å². The van der Waals surface area contributed by atoms with Gasteiger partial charge < -0.3 is 10.1 Å². The molecule has 1 aromatic rings. The molecule has 0 aliphatic rings. The predicted octanol–water partition coefficient (Wildman–Crippen LogP) is 1.60. The van der Waals surface area contributed by atoms with Crippen molar-refractivity contribution in [2.45, 2.75) is 6.42 Å². The molecule has 0 spiro atoms. The zero-order valence-electron chi connectivity index (χ0n) is 9.29. The Labute approximate surface area is 101 Å². The molecule has 0 aromatic heterocycles. The van der Waals surface area contributed by atoms with Crippen molar-refractivity contribution in [3.8, 4) is 6.07 Å². The Balaban J connectivity index is 3.10. The molecule has 0 saturated heterocycles. The van der Waals surface area contributed by atoms with Crippen LogP contribution in [0.1, 0.15) is 16.8 Å². The summed E-state index contributed by atoms with van der Waals surface area (Å²) in [4.78, 5) is 22.2.